The smallest absolute Gasteiger partial charge is 0.258 e. The minimum atomic E-state index is -0.687. The van der Waals surface area contributed by atoms with Crippen molar-refractivity contribution in [2.75, 3.05) is 0 Å². The van der Waals surface area contributed by atoms with E-state index in [1.165, 1.54) is 12.1 Å². The molecule has 0 aliphatic rings. The van der Waals surface area contributed by atoms with Gasteiger partial charge < -0.3 is 0 Å². The number of nitro benzene ring substituents is 1. The first-order chi connectivity index (χ1) is 9.51. The van der Waals surface area contributed by atoms with Crippen LogP contribution < -0.4 is 0 Å². The van der Waals surface area contributed by atoms with Gasteiger partial charge in [0.1, 0.15) is 11.6 Å². The number of nitro groups is 1. The Labute approximate surface area is 116 Å². The molecule has 0 aromatic heterocycles. The lowest BCUT2D eigenvalue weighted by molar-refractivity contribution is -0.387. The van der Waals surface area contributed by atoms with Gasteiger partial charge in [-0.2, -0.15) is 5.26 Å². The fourth-order valence-electron chi connectivity index (χ4n) is 1.49. The van der Waals surface area contributed by atoms with Crippen molar-refractivity contribution in [1.82, 2.24) is 0 Å². The van der Waals surface area contributed by atoms with Crippen molar-refractivity contribution in [2.45, 2.75) is 9.79 Å². The largest absolute Gasteiger partial charge is 0.283 e. The van der Waals surface area contributed by atoms with E-state index < -0.39 is 16.6 Å². The molecule has 0 amide bonds. The Balaban J connectivity index is 2.49. The van der Waals surface area contributed by atoms with Crippen LogP contribution in [0.5, 0.6) is 0 Å². The van der Waals surface area contributed by atoms with Crippen LogP contribution in [0.15, 0.2) is 46.2 Å². The highest BCUT2D eigenvalue weighted by molar-refractivity contribution is 7.99. The maximum Gasteiger partial charge on any atom is 0.283 e. The van der Waals surface area contributed by atoms with Crippen LogP contribution in [0.2, 0.25) is 0 Å². The van der Waals surface area contributed by atoms with Crippen molar-refractivity contribution in [1.29, 1.82) is 5.26 Å². The van der Waals surface area contributed by atoms with E-state index in [0.717, 1.165) is 24.3 Å². The summed E-state index contributed by atoms with van der Waals surface area (Å²) in [5, 5.41) is 19.7. The van der Waals surface area contributed by atoms with Crippen LogP contribution in [0.4, 0.5) is 14.5 Å². The summed E-state index contributed by atoms with van der Waals surface area (Å²) in [6, 6.07) is 8.42. The van der Waals surface area contributed by atoms with E-state index in [1.54, 1.807) is 0 Å². The number of nitrogens with zero attached hydrogens (tertiary/aromatic N) is 2. The average Bonchev–Trinajstić information content (AvgIpc) is 2.42. The molecule has 0 saturated carbocycles. The molecule has 0 bridgehead atoms. The Morgan fingerprint density at radius 1 is 1.15 bits per heavy atom. The number of nitriles is 1. The quantitative estimate of drug-likeness (QED) is 0.635. The summed E-state index contributed by atoms with van der Waals surface area (Å²) in [5.41, 5.74) is -0.0624. The monoisotopic (exact) mass is 292 g/mol. The predicted molar refractivity (Wildman–Crippen MR) is 68.3 cm³/mol. The Kier molecular flexibility index (Phi) is 3.96. The Hall–Kier alpha value is -2.46. The highest BCUT2D eigenvalue weighted by Gasteiger charge is 2.17. The zero-order valence-electron chi connectivity index (χ0n) is 9.84. The molecule has 0 aliphatic heterocycles. The van der Waals surface area contributed by atoms with Gasteiger partial charge in [0.25, 0.3) is 5.69 Å². The number of hydrogen-bond donors (Lipinski definition) is 0. The average molecular weight is 292 g/mol. The third kappa shape index (κ3) is 2.92. The highest BCUT2D eigenvalue weighted by atomic mass is 32.2. The van der Waals surface area contributed by atoms with Gasteiger partial charge in [-0.15, -0.1) is 0 Å². The summed E-state index contributed by atoms with van der Waals surface area (Å²) < 4.78 is 26.6. The highest BCUT2D eigenvalue weighted by Crippen LogP contribution is 2.36. The molecule has 0 spiro atoms. The first kappa shape index (κ1) is 14.0. The predicted octanol–water partition coefficient (Wildman–Crippen LogP) is 3.90. The Morgan fingerprint density at radius 2 is 1.90 bits per heavy atom. The molecule has 0 fully saturated rings. The maximum atomic E-state index is 13.5. The number of hydrogen-bond acceptors (Lipinski definition) is 4. The second-order valence-corrected chi connectivity index (χ2v) is 4.81. The lowest BCUT2D eigenvalue weighted by Gasteiger charge is -2.05. The van der Waals surface area contributed by atoms with Crippen LogP contribution >= 0.6 is 11.8 Å². The normalized spacial score (nSPS) is 10.1. The summed E-state index contributed by atoms with van der Waals surface area (Å²) in [6.07, 6.45) is 0. The van der Waals surface area contributed by atoms with Crippen molar-refractivity contribution < 1.29 is 13.7 Å². The molecule has 0 unspecified atom stereocenters. The van der Waals surface area contributed by atoms with Crippen molar-refractivity contribution in [3.63, 3.8) is 0 Å². The first-order valence-corrected chi connectivity index (χ1v) is 6.14. The first-order valence-electron chi connectivity index (χ1n) is 5.32. The Morgan fingerprint density at radius 3 is 2.55 bits per heavy atom. The zero-order chi connectivity index (χ0) is 14.7. The minimum Gasteiger partial charge on any atom is -0.258 e. The van der Waals surface area contributed by atoms with Crippen molar-refractivity contribution in [3.8, 4) is 6.07 Å². The lowest BCUT2D eigenvalue weighted by atomic mass is 10.2. The molecule has 7 heteroatoms. The standard InChI is InChI=1S/C13H6F2N2O2S/c14-9-2-3-10(15)12(6-9)20-13-5-8(7-16)1-4-11(13)17(18)19/h1-6H. The number of benzene rings is 2. The molecule has 2 aromatic rings. The van der Waals surface area contributed by atoms with Gasteiger partial charge in [-0.3, -0.25) is 10.1 Å². The summed E-state index contributed by atoms with van der Waals surface area (Å²) in [7, 11) is 0. The second kappa shape index (κ2) is 5.67. The van der Waals surface area contributed by atoms with E-state index >= 15 is 0 Å². The summed E-state index contributed by atoms with van der Waals surface area (Å²) in [5.74, 6) is -1.33. The van der Waals surface area contributed by atoms with Crippen LogP contribution in [0, 0.1) is 33.1 Å². The van der Waals surface area contributed by atoms with Gasteiger partial charge in [-0.05, 0) is 30.3 Å². The van der Waals surface area contributed by atoms with E-state index in [4.69, 9.17) is 5.26 Å². The molecule has 2 aromatic carbocycles. The summed E-state index contributed by atoms with van der Waals surface area (Å²) in [6.45, 7) is 0. The third-order valence-electron chi connectivity index (χ3n) is 2.40. The summed E-state index contributed by atoms with van der Waals surface area (Å²) in [4.78, 5) is 10.3. The van der Waals surface area contributed by atoms with Gasteiger partial charge in [0.05, 0.1) is 26.3 Å². The van der Waals surface area contributed by atoms with E-state index in [9.17, 15) is 18.9 Å². The molecule has 4 nitrogen and oxygen atoms in total. The molecule has 0 heterocycles. The number of rotatable bonds is 3. The van der Waals surface area contributed by atoms with Crippen LogP contribution in [0.25, 0.3) is 0 Å². The van der Waals surface area contributed by atoms with Crippen molar-refractivity contribution >= 4 is 17.4 Å². The second-order valence-electron chi connectivity index (χ2n) is 3.73. The van der Waals surface area contributed by atoms with Gasteiger partial charge in [-0.25, -0.2) is 8.78 Å². The molecule has 0 radical (unpaired) electrons. The lowest BCUT2D eigenvalue weighted by Crippen LogP contribution is -1.92. The van der Waals surface area contributed by atoms with E-state index in [2.05, 4.69) is 0 Å². The van der Waals surface area contributed by atoms with Crippen LogP contribution in [-0.2, 0) is 0 Å². The van der Waals surface area contributed by atoms with E-state index in [1.807, 2.05) is 6.07 Å². The molecule has 0 atom stereocenters. The molecular weight excluding hydrogens is 286 g/mol. The minimum absolute atomic E-state index is 0.0804. The molecule has 100 valence electrons. The molecule has 0 N–H and O–H groups in total. The third-order valence-corrected chi connectivity index (χ3v) is 3.48. The van der Waals surface area contributed by atoms with Crippen molar-refractivity contribution in [3.05, 3.63) is 63.7 Å². The van der Waals surface area contributed by atoms with Crippen LogP contribution in [0.3, 0.4) is 0 Å². The van der Waals surface area contributed by atoms with Crippen LogP contribution in [0.1, 0.15) is 5.56 Å². The molecule has 0 aliphatic carbocycles. The maximum absolute atomic E-state index is 13.5. The number of halogens is 2. The fraction of sp³-hybridized carbons (Fsp3) is 0. The van der Waals surface area contributed by atoms with Crippen LogP contribution in [-0.4, -0.2) is 4.92 Å². The molecule has 20 heavy (non-hydrogen) atoms. The topological polar surface area (TPSA) is 66.9 Å². The molecule has 0 saturated heterocycles. The SMILES string of the molecule is N#Cc1ccc([N+](=O)[O-])c(Sc2cc(F)ccc2F)c1. The van der Waals surface area contributed by atoms with Gasteiger partial charge in [-0.1, -0.05) is 11.8 Å². The van der Waals surface area contributed by atoms with Crippen molar-refractivity contribution in [2.24, 2.45) is 0 Å². The molecule has 2 rings (SSSR count). The molecular formula is C13H6F2N2O2S. The van der Waals surface area contributed by atoms with Gasteiger partial charge in [0.2, 0.25) is 0 Å². The van der Waals surface area contributed by atoms with E-state index in [-0.39, 0.29) is 21.0 Å². The van der Waals surface area contributed by atoms with Gasteiger partial charge in [0, 0.05) is 6.07 Å². The fourth-order valence-corrected chi connectivity index (χ4v) is 2.50. The zero-order valence-corrected chi connectivity index (χ0v) is 10.7. The van der Waals surface area contributed by atoms with Gasteiger partial charge >= 0.3 is 0 Å². The van der Waals surface area contributed by atoms with E-state index in [0.29, 0.717) is 11.8 Å². The Bertz CT molecular complexity index is 729. The van der Waals surface area contributed by atoms with Gasteiger partial charge in [0.15, 0.2) is 0 Å². The summed E-state index contributed by atoms with van der Waals surface area (Å²) >= 11 is 0.705.